The second-order valence-electron chi connectivity index (χ2n) is 12.9. The smallest absolute Gasteiger partial charge is 0.144 e. The summed E-state index contributed by atoms with van der Waals surface area (Å²) in [7, 11) is 0. The van der Waals surface area contributed by atoms with Crippen molar-refractivity contribution in [1.29, 1.82) is 0 Å². The maximum Gasteiger partial charge on any atom is 0.144 e. The third-order valence-electron chi connectivity index (χ3n) is 10.0. The van der Waals surface area contributed by atoms with Gasteiger partial charge in [0, 0.05) is 53.1 Å². The molecule has 7 aromatic carbocycles. The van der Waals surface area contributed by atoms with E-state index in [1.807, 2.05) is 11.3 Å². The van der Waals surface area contributed by atoms with E-state index in [1.54, 1.807) is 0 Å². The molecule has 1 aliphatic rings. The largest absolute Gasteiger partial charge is 0.455 e. The van der Waals surface area contributed by atoms with Crippen molar-refractivity contribution in [3.05, 3.63) is 151 Å². The minimum atomic E-state index is -0.0390. The fourth-order valence-electron chi connectivity index (χ4n) is 7.88. The summed E-state index contributed by atoms with van der Waals surface area (Å²) in [5.41, 5.74) is 10.7. The molecular weight excluding hydrogens is 579 g/mol. The maximum atomic E-state index is 6.90. The van der Waals surface area contributed by atoms with Gasteiger partial charge in [-0.1, -0.05) is 98.8 Å². The summed E-state index contributed by atoms with van der Waals surface area (Å²) in [6.07, 6.45) is 0. The SMILES string of the molecule is CC1(C)c2ccccc2-c2cc(N(c3ccccc3)c3cccc4sc5ccc6c7ccc8ccccc8c7oc6c5c34)ccc21. The van der Waals surface area contributed by atoms with Crippen molar-refractivity contribution in [1.82, 2.24) is 0 Å². The van der Waals surface area contributed by atoms with E-state index in [2.05, 4.69) is 158 Å². The van der Waals surface area contributed by atoms with Crippen LogP contribution in [0.5, 0.6) is 0 Å². The third-order valence-corrected chi connectivity index (χ3v) is 11.2. The lowest BCUT2D eigenvalue weighted by Gasteiger charge is -2.28. The van der Waals surface area contributed by atoms with Crippen LogP contribution in [0, 0.1) is 0 Å². The number of rotatable bonds is 3. The lowest BCUT2D eigenvalue weighted by molar-refractivity contribution is 0.660. The van der Waals surface area contributed by atoms with Crippen LogP contribution in [-0.4, -0.2) is 0 Å². The Morgan fingerprint density at radius 3 is 2.17 bits per heavy atom. The summed E-state index contributed by atoms with van der Waals surface area (Å²) in [6, 6.07) is 50.8. The molecule has 46 heavy (non-hydrogen) atoms. The normalized spacial score (nSPS) is 13.6. The van der Waals surface area contributed by atoms with Gasteiger partial charge in [0.1, 0.15) is 11.2 Å². The van der Waals surface area contributed by atoms with Gasteiger partial charge < -0.3 is 9.32 Å². The van der Waals surface area contributed by atoms with Crippen LogP contribution >= 0.6 is 11.3 Å². The first-order chi connectivity index (χ1) is 22.6. The molecule has 2 aromatic heterocycles. The van der Waals surface area contributed by atoms with Crippen LogP contribution in [0.1, 0.15) is 25.0 Å². The average Bonchev–Trinajstić information content (AvgIpc) is 3.74. The number of hydrogen-bond donors (Lipinski definition) is 0. The van der Waals surface area contributed by atoms with Crippen LogP contribution in [0.2, 0.25) is 0 Å². The van der Waals surface area contributed by atoms with Gasteiger partial charge in [-0.2, -0.15) is 0 Å². The topological polar surface area (TPSA) is 16.4 Å². The molecule has 0 atom stereocenters. The summed E-state index contributed by atoms with van der Waals surface area (Å²) in [4.78, 5) is 2.43. The number of furan rings is 1. The Labute approximate surface area is 270 Å². The Balaban J connectivity index is 1.28. The van der Waals surface area contributed by atoms with Gasteiger partial charge in [0.2, 0.25) is 0 Å². The van der Waals surface area contributed by atoms with Crippen LogP contribution in [-0.2, 0) is 5.41 Å². The predicted molar refractivity (Wildman–Crippen MR) is 196 cm³/mol. The Bertz CT molecular complexity index is 2680. The zero-order valence-electron chi connectivity index (χ0n) is 25.5. The monoisotopic (exact) mass is 607 g/mol. The Hall–Kier alpha value is -5.38. The van der Waals surface area contributed by atoms with Gasteiger partial charge in [-0.15, -0.1) is 11.3 Å². The number of fused-ring (bicyclic) bond motifs is 12. The Morgan fingerprint density at radius 1 is 0.522 bits per heavy atom. The van der Waals surface area contributed by atoms with Crippen molar-refractivity contribution < 1.29 is 4.42 Å². The molecule has 0 saturated carbocycles. The number of para-hydroxylation sites is 1. The van der Waals surface area contributed by atoms with Gasteiger partial charge in [0.15, 0.2) is 0 Å². The van der Waals surface area contributed by atoms with E-state index in [0.29, 0.717) is 0 Å². The molecule has 2 nitrogen and oxygen atoms in total. The van der Waals surface area contributed by atoms with Crippen molar-refractivity contribution in [2.24, 2.45) is 0 Å². The number of hydrogen-bond acceptors (Lipinski definition) is 3. The summed E-state index contributed by atoms with van der Waals surface area (Å²) in [6.45, 7) is 4.68. The van der Waals surface area contributed by atoms with Crippen LogP contribution in [0.25, 0.3) is 64.0 Å². The van der Waals surface area contributed by atoms with Gasteiger partial charge in [-0.3, -0.25) is 0 Å². The summed E-state index contributed by atoms with van der Waals surface area (Å²) in [5, 5.41) is 7.07. The second-order valence-corrected chi connectivity index (χ2v) is 14.0. The zero-order chi connectivity index (χ0) is 30.6. The number of thiophene rings is 1. The van der Waals surface area contributed by atoms with Crippen LogP contribution in [0.15, 0.2) is 144 Å². The standard InChI is InChI=1S/C43H29NOS/c1-43(2)34-16-9-8-15-30(34)33-25-28(20-23-35(33)43)44(27-12-4-3-5-13-27)36-17-10-18-37-39(36)40-38(46-37)24-22-32-31-21-19-26-11-6-7-14-29(26)41(31)45-42(32)40/h3-25H,1-2H3. The number of anilines is 3. The van der Waals surface area contributed by atoms with Crippen molar-refractivity contribution in [3.8, 4) is 11.1 Å². The highest BCUT2D eigenvalue weighted by Gasteiger charge is 2.35. The van der Waals surface area contributed by atoms with Crippen LogP contribution < -0.4 is 4.90 Å². The highest BCUT2D eigenvalue weighted by molar-refractivity contribution is 7.26. The lowest BCUT2D eigenvalue weighted by Crippen LogP contribution is -2.15. The van der Waals surface area contributed by atoms with Crippen molar-refractivity contribution in [3.63, 3.8) is 0 Å². The minimum Gasteiger partial charge on any atom is -0.455 e. The average molecular weight is 608 g/mol. The van der Waals surface area contributed by atoms with E-state index in [4.69, 9.17) is 4.42 Å². The van der Waals surface area contributed by atoms with Crippen molar-refractivity contribution in [2.45, 2.75) is 19.3 Å². The second kappa shape index (κ2) is 9.32. The fourth-order valence-corrected chi connectivity index (χ4v) is 9.01. The fraction of sp³-hybridized carbons (Fsp3) is 0.0698. The first kappa shape index (κ1) is 25.9. The molecule has 0 saturated heterocycles. The Kier molecular flexibility index (Phi) is 5.25. The predicted octanol–water partition coefficient (Wildman–Crippen LogP) is 12.9. The molecular formula is C43H29NOS. The van der Waals surface area contributed by atoms with Crippen LogP contribution in [0.4, 0.5) is 17.1 Å². The van der Waals surface area contributed by atoms with E-state index in [0.717, 1.165) is 44.4 Å². The van der Waals surface area contributed by atoms with Crippen molar-refractivity contribution in [2.75, 3.05) is 4.90 Å². The molecule has 2 heterocycles. The first-order valence-electron chi connectivity index (χ1n) is 15.9. The summed E-state index contributed by atoms with van der Waals surface area (Å²) < 4.78 is 9.38. The minimum absolute atomic E-state index is 0.0390. The molecule has 0 amide bonds. The van der Waals surface area contributed by atoms with E-state index in [-0.39, 0.29) is 5.41 Å². The lowest BCUT2D eigenvalue weighted by atomic mass is 9.82. The molecule has 9 aromatic rings. The highest BCUT2D eigenvalue weighted by atomic mass is 32.1. The van der Waals surface area contributed by atoms with Gasteiger partial charge in [0.25, 0.3) is 0 Å². The molecule has 0 radical (unpaired) electrons. The maximum absolute atomic E-state index is 6.90. The van der Waals surface area contributed by atoms with Gasteiger partial charge in [-0.25, -0.2) is 0 Å². The number of nitrogens with zero attached hydrogens (tertiary/aromatic N) is 1. The van der Waals surface area contributed by atoms with Crippen molar-refractivity contribution >= 4 is 81.3 Å². The molecule has 218 valence electrons. The molecule has 10 rings (SSSR count). The molecule has 0 unspecified atom stereocenters. The molecule has 0 spiro atoms. The molecule has 3 heteroatoms. The molecule has 0 aliphatic heterocycles. The quantitative estimate of drug-likeness (QED) is 0.199. The van der Waals surface area contributed by atoms with E-state index >= 15 is 0 Å². The number of benzene rings is 7. The van der Waals surface area contributed by atoms with Gasteiger partial charge >= 0.3 is 0 Å². The molecule has 0 N–H and O–H groups in total. The van der Waals surface area contributed by atoms with Gasteiger partial charge in [0.05, 0.1) is 5.69 Å². The molecule has 1 aliphatic carbocycles. The highest BCUT2D eigenvalue weighted by Crippen LogP contribution is 2.52. The zero-order valence-corrected chi connectivity index (χ0v) is 26.4. The first-order valence-corrected chi connectivity index (χ1v) is 16.7. The third kappa shape index (κ3) is 3.46. The summed E-state index contributed by atoms with van der Waals surface area (Å²) in [5.74, 6) is 0. The molecule has 0 fully saturated rings. The van der Waals surface area contributed by atoms with E-state index in [1.165, 1.54) is 47.8 Å². The van der Waals surface area contributed by atoms with Gasteiger partial charge in [-0.05, 0) is 82.2 Å². The van der Waals surface area contributed by atoms with Crippen LogP contribution in [0.3, 0.4) is 0 Å². The summed E-state index contributed by atoms with van der Waals surface area (Å²) >= 11 is 1.84. The van der Waals surface area contributed by atoms with E-state index < -0.39 is 0 Å². The van der Waals surface area contributed by atoms with E-state index in [9.17, 15) is 0 Å². The Morgan fingerprint density at radius 2 is 1.26 bits per heavy atom. The molecule has 0 bridgehead atoms.